The fraction of sp³-hybridized carbons (Fsp3) is 0.833. The van der Waals surface area contributed by atoms with Crippen LogP contribution in [0, 0.1) is 11.8 Å². The molecule has 0 aliphatic rings. The SMILES string of the molecule is C=CCCC(CC)C(C)CCC. The molecule has 0 saturated heterocycles. The highest BCUT2D eigenvalue weighted by Crippen LogP contribution is 2.24. The Morgan fingerprint density at radius 1 is 1.25 bits per heavy atom. The van der Waals surface area contributed by atoms with Gasteiger partial charge in [0.1, 0.15) is 0 Å². The van der Waals surface area contributed by atoms with Gasteiger partial charge in [0.15, 0.2) is 0 Å². The molecule has 0 aliphatic carbocycles. The molecule has 0 aromatic rings. The van der Waals surface area contributed by atoms with Crippen LogP contribution in [0.5, 0.6) is 0 Å². The molecular formula is C12H24. The molecule has 0 aromatic heterocycles. The molecule has 2 atom stereocenters. The summed E-state index contributed by atoms with van der Waals surface area (Å²) in [6.07, 6.45) is 8.60. The van der Waals surface area contributed by atoms with E-state index in [0.717, 1.165) is 11.8 Å². The lowest BCUT2D eigenvalue weighted by atomic mass is 9.85. The molecule has 0 saturated carbocycles. The average Bonchev–Trinajstić information content (AvgIpc) is 2.06. The summed E-state index contributed by atoms with van der Waals surface area (Å²) in [5.41, 5.74) is 0. The van der Waals surface area contributed by atoms with Crippen LogP contribution in [0.25, 0.3) is 0 Å². The molecule has 0 fully saturated rings. The van der Waals surface area contributed by atoms with Gasteiger partial charge in [0.25, 0.3) is 0 Å². The third-order valence-corrected chi connectivity index (χ3v) is 2.81. The van der Waals surface area contributed by atoms with Crippen molar-refractivity contribution >= 4 is 0 Å². The van der Waals surface area contributed by atoms with Crippen molar-refractivity contribution < 1.29 is 0 Å². The Morgan fingerprint density at radius 2 is 1.92 bits per heavy atom. The van der Waals surface area contributed by atoms with Crippen molar-refractivity contribution in [2.24, 2.45) is 11.8 Å². The first kappa shape index (κ1) is 11.7. The Morgan fingerprint density at radius 3 is 2.33 bits per heavy atom. The first-order valence-electron chi connectivity index (χ1n) is 5.37. The van der Waals surface area contributed by atoms with E-state index >= 15 is 0 Å². The van der Waals surface area contributed by atoms with Crippen LogP contribution in [-0.4, -0.2) is 0 Å². The molecule has 0 aliphatic heterocycles. The van der Waals surface area contributed by atoms with E-state index in [4.69, 9.17) is 0 Å². The molecule has 0 heterocycles. The monoisotopic (exact) mass is 168 g/mol. The van der Waals surface area contributed by atoms with E-state index in [1.54, 1.807) is 0 Å². The lowest BCUT2D eigenvalue weighted by Gasteiger charge is -2.21. The van der Waals surface area contributed by atoms with Crippen molar-refractivity contribution in [3.05, 3.63) is 12.7 Å². The minimum atomic E-state index is 0.903. The molecule has 0 rings (SSSR count). The minimum absolute atomic E-state index is 0.903. The van der Waals surface area contributed by atoms with Gasteiger partial charge in [-0.1, -0.05) is 46.1 Å². The largest absolute Gasteiger partial charge is 0.103 e. The summed E-state index contributed by atoms with van der Waals surface area (Å²) in [6, 6.07) is 0. The van der Waals surface area contributed by atoms with Gasteiger partial charge in [-0.05, 0) is 24.7 Å². The van der Waals surface area contributed by atoms with Gasteiger partial charge in [-0.3, -0.25) is 0 Å². The van der Waals surface area contributed by atoms with Gasteiger partial charge >= 0.3 is 0 Å². The summed E-state index contributed by atoms with van der Waals surface area (Å²) < 4.78 is 0. The topological polar surface area (TPSA) is 0 Å². The molecule has 0 bridgehead atoms. The Kier molecular flexibility index (Phi) is 7.23. The van der Waals surface area contributed by atoms with Crippen LogP contribution in [0.2, 0.25) is 0 Å². The van der Waals surface area contributed by atoms with E-state index in [-0.39, 0.29) is 0 Å². The van der Waals surface area contributed by atoms with Crippen LogP contribution < -0.4 is 0 Å². The summed E-state index contributed by atoms with van der Waals surface area (Å²) in [4.78, 5) is 0. The van der Waals surface area contributed by atoms with E-state index in [0.29, 0.717) is 0 Å². The molecule has 0 N–H and O–H groups in total. The smallest absolute Gasteiger partial charge is 0.0351 e. The molecule has 12 heavy (non-hydrogen) atoms. The van der Waals surface area contributed by atoms with E-state index < -0.39 is 0 Å². The zero-order chi connectivity index (χ0) is 9.40. The maximum absolute atomic E-state index is 3.77. The fourth-order valence-corrected chi connectivity index (χ4v) is 1.91. The molecule has 0 nitrogen and oxygen atoms in total. The maximum atomic E-state index is 3.77. The number of hydrogen-bond donors (Lipinski definition) is 0. The van der Waals surface area contributed by atoms with Crippen molar-refractivity contribution in [1.29, 1.82) is 0 Å². The summed E-state index contributed by atoms with van der Waals surface area (Å²) in [7, 11) is 0. The van der Waals surface area contributed by atoms with Crippen molar-refractivity contribution in [2.45, 2.75) is 52.9 Å². The molecular weight excluding hydrogens is 144 g/mol. The quantitative estimate of drug-likeness (QED) is 0.494. The van der Waals surface area contributed by atoms with Crippen molar-refractivity contribution in [3.8, 4) is 0 Å². The maximum Gasteiger partial charge on any atom is -0.0351 e. The van der Waals surface area contributed by atoms with Gasteiger partial charge < -0.3 is 0 Å². The summed E-state index contributed by atoms with van der Waals surface area (Å²) in [5.74, 6) is 1.82. The highest BCUT2D eigenvalue weighted by Gasteiger charge is 2.12. The Labute approximate surface area is 78.1 Å². The molecule has 0 amide bonds. The van der Waals surface area contributed by atoms with Gasteiger partial charge in [0.05, 0.1) is 0 Å². The van der Waals surface area contributed by atoms with E-state index in [2.05, 4.69) is 27.4 Å². The van der Waals surface area contributed by atoms with Crippen LogP contribution in [0.15, 0.2) is 12.7 Å². The normalized spacial score (nSPS) is 15.6. The van der Waals surface area contributed by atoms with E-state index in [1.807, 2.05) is 6.08 Å². The third kappa shape index (κ3) is 4.58. The van der Waals surface area contributed by atoms with Gasteiger partial charge in [-0.15, -0.1) is 6.58 Å². The molecule has 0 heteroatoms. The van der Waals surface area contributed by atoms with Crippen LogP contribution in [0.4, 0.5) is 0 Å². The summed E-state index contributed by atoms with van der Waals surface area (Å²) in [5, 5.41) is 0. The van der Waals surface area contributed by atoms with Gasteiger partial charge in [-0.25, -0.2) is 0 Å². The predicted octanol–water partition coefficient (Wildman–Crippen LogP) is 4.42. The van der Waals surface area contributed by atoms with Crippen LogP contribution in [0.1, 0.15) is 52.9 Å². The first-order chi connectivity index (χ1) is 5.76. The van der Waals surface area contributed by atoms with Gasteiger partial charge in [-0.2, -0.15) is 0 Å². The van der Waals surface area contributed by atoms with Crippen molar-refractivity contribution in [2.75, 3.05) is 0 Å². The van der Waals surface area contributed by atoms with Crippen LogP contribution in [0.3, 0.4) is 0 Å². The fourth-order valence-electron chi connectivity index (χ4n) is 1.91. The number of rotatable bonds is 7. The molecule has 0 spiro atoms. The van der Waals surface area contributed by atoms with E-state index in [1.165, 1.54) is 32.1 Å². The van der Waals surface area contributed by atoms with E-state index in [9.17, 15) is 0 Å². The molecule has 0 radical (unpaired) electrons. The lowest BCUT2D eigenvalue weighted by Crippen LogP contribution is -2.10. The number of allylic oxidation sites excluding steroid dienone is 1. The van der Waals surface area contributed by atoms with Gasteiger partial charge in [0.2, 0.25) is 0 Å². The third-order valence-electron chi connectivity index (χ3n) is 2.81. The second kappa shape index (κ2) is 7.39. The molecule has 0 aromatic carbocycles. The number of hydrogen-bond acceptors (Lipinski definition) is 0. The molecule has 2 unspecified atom stereocenters. The predicted molar refractivity (Wildman–Crippen MR) is 57.3 cm³/mol. The second-order valence-electron chi connectivity index (χ2n) is 3.80. The highest BCUT2D eigenvalue weighted by molar-refractivity contribution is 4.72. The highest BCUT2D eigenvalue weighted by atomic mass is 14.2. The van der Waals surface area contributed by atoms with Crippen molar-refractivity contribution in [3.63, 3.8) is 0 Å². The zero-order valence-electron chi connectivity index (χ0n) is 8.97. The Balaban J connectivity index is 3.69. The summed E-state index contributed by atoms with van der Waals surface area (Å²) in [6.45, 7) is 10.7. The first-order valence-corrected chi connectivity index (χ1v) is 5.37. The lowest BCUT2D eigenvalue weighted by molar-refractivity contribution is 0.308. The zero-order valence-corrected chi connectivity index (χ0v) is 8.97. The van der Waals surface area contributed by atoms with Crippen LogP contribution in [-0.2, 0) is 0 Å². The standard InChI is InChI=1S/C12H24/c1-5-8-10-12(7-3)11(4)9-6-2/h5,11-12H,1,6-10H2,2-4H3. The second-order valence-corrected chi connectivity index (χ2v) is 3.80. The summed E-state index contributed by atoms with van der Waals surface area (Å²) >= 11 is 0. The van der Waals surface area contributed by atoms with Crippen LogP contribution >= 0.6 is 0 Å². The minimum Gasteiger partial charge on any atom is -0.103 e. The Hall–Kier alpha value is -0.260. The molecule has 72 valence electrons. The van der Waals surface area contributed by atoms with Crippen molar-refractivity contribution in [1.82, 2.24) is 0 Å². The van der Waals surface area contributed by atoms with Gasteiger partial charge in [0, 0.05) is 0 Å². The average molecular weight is 168 g/mol. The Bertz CT molecular complexity index is 105.